The third kappa shape index (κ3) is 8.47. The minimum Gasteiger partial charge on any atom is -0.497 e. The van der Waals surface area contributed by atoms with Crippen LogP contribution in [0.4, 0.5) is 5.69 Å². The van der Waals surface area contributed by atoms with Crippen molar-refractivity contribution < 1.29 is 22.7 Å². The van der Waals surface area contributed by atoms with Crippen LogP contribution < -0.4 is 14.4 Å². The van der Waals surface area contributed by atoms with E-state index >= 15 is 0 Å². The normalized spacial score (nSPS) is 11.9. The number of unbranched alkanes of at least 4 members (excludes halogenated alkanes) is 1. The van der Waals surface area contributed by atoms with E-state index in [9.17, 15) is 18.0 Å². The van der Waals surface area contributed by atoms with Crippen LogP contribution in [-0.4, -0.2) is 51.4 Å². The van der Waals surface area contributed by atoms with E-state index in [1.807, 2.05) is 20.8 Å². The van der Waals surface area contributed by atoms with Gasteiger partial charge in [-0.05, 0) is 73.9 Å². The number of anilines is 1. The fraction of sp³-hybridized carbons (Fsp3) is 0.355. The molecule has 0 saturated heterocycles. The first-order valence-electron chi connectivity index (χ1n) is 13.7. The molecule has 0 spiro atoms. The quantitative estimate of drug-likeness (QED) is 0.244. The number of ether oxygens (including phenoxy) is 1. The number of methoxy groups -OCH3 is 1. The molecule has 0 radical (unpaired) electrons. The molecule has 8 nitrogen and oxygen atoms in total. The summed E-state index contributed by atoms with van der Waals surface area (Å²) in [5.41, 5.74) is 2.05. The average molecular weight is 600 g/mol. The van der Waals surface area contributed by atoms with Crippen molar-refractivity contribution in [3.05, 3.63) is 88.9 Å². The third-order valence-corrected chi connectivity index (χ3v) is 8.77. The van der Waals surface area contributed by atoms with Gasteiger partial charge in [0.2, 0.25) is 11.8 Å². The van der Waals surface area contributed by atoms with E-state index in [-0.39, 0.29) is 17.3 Å². The Morgan fingerprint density at radius 3 is 2.15 bits per heavy atom. The monoisotopic (exact) mass is 599 g/mol. The number of sulfonamides is 1. The Balaban J connectivity index is 2.02. The summed E-state index contributed by atoms with van der Waals surface area (Å²) in [5, 5.41) is 3.47. The van der Waals surface area contributed by atoms with Crippen molar-refractivity contribution in [2.24, 2.45) is 0 Å². The van der Waals surface area contributed by atoms with Gasteiger partial charge in [0.05, 0.1) is 17.7 Å². The molecule has 1 atom stereocenters. The van der Waals surface area contributed by atoms with Crippen LogP contribution >= 0.6 is 11.6 Å². The van der Waals surface area contributed by atoms with Gasteiger partial charge in [0.15, 0.2) is 0 Å². The summed E-state index contributed by atoms with van der Waals surface area (Å²) < 4.78 is 34.2. The zero-order valence-corrected chi connectivity index (χ0v) is 25.5. The summed E-state index contributed by atoms with van der Waals surface area (Å²) in [6.07, 6.45) is 2.08. The predicted octanol–water partition coefficient (Wildman–Crippen LogP) is 5.58. The van der Waals surface area contributed by atoms with Crippen molar-refractivity contribution in [3.63, 3.8) is 0 Å². The van der Waals surface area contributed by atoms with Crippen LogP contribution in [-0.2, 0) is 26.2 Å². The maximum Gasteiger partial charge on any atom is 0.264 e. The molecule has 0 aromatic heterocycles. The molecule has 1 N–H and O–H groups in total. The molecule has 3 aromatic rings. The van der Waals surface area contributed by atoms with Crippen LogP contribution in [0.15, 0.2) is 77.7 Å². The number of rotatable bonds is 14. The molecule has 0 bridgehead atoms. The Hall–Kier alpha value is -3.56. The maximum atomic E-state index is 14.1. The van der Waals surface area contributed by atoms with E-state index in [4.69, 9.17) is 16.3 Å². The van der Waals surface area contributed by atoms with Gasteiger partial charge in [0.25, 0.3) is 10.0 Å². The van der Waals surface area contributed by atoms with Crippen molar-refractivity contribution in [1.82, 2.24) is 10.2 Å². The molecule has 10 heteroatoms. The zero-order chi connectivity index (χ0) is 30.0. The number of aryl methyl sites for hydroxylation is 1. The molecular formula is C31H38ClN3O5S. The van der Waals surface area contributed by atoms with Crippen LogP contribution in [0.5, 0.6) is 5.75 Å². The first-order valence-corrected chi connectivity index (χ1v) is 15.5. The van der Waals surface area contributed by atoms with Crippen molar-refractivity contribution >= 4 is 39.1 Å². The van der Waals surface area contributed by atoms with Gasteiger partial charge in [0, 0.05) is 18.1 Å². The van der Waals surface area contributed by atoms with Gasteiger partial charge in [-0.2, -0.15) is 0 Å². The SMILES string of the molecule is CCCCNC(=O)[C@@H](CC)N(Cc1ccc(Cl)cc1)C(=O)CN(c1ccc(C)cc1)S(=O)(=O)c1ccc(OC)cc1. The first-order chi connectivity index (χ1) is 19.6. The fourth-order valence-corrected chi connectivity index (χ4v) is 5.87. The van der Waals surface area contributed by atoms with Gasteiger partial charge in [-0.25, -0.2) is 8.42 Å². The number of carbonyl (C=O) groups is 2. The summed E-state index contributed by atoms with van der Waals surface area (Å²) in [4.78, 5) is 28.8. The number of benzene rings is 3. The molecule has 3 aromatic carbocycles. The van der Waals surface area contributed by atoms with E-state index in [1.165, 1.54) is 24.1 Å². The minimum atomic E-state index is -4.16. The average Bonchev–Trinajstić information content (AvgIpc) is 2.97. The molecule has 0 aliphatic heterocycles. The molecule has 0 saturated carbocycles. The molecule has 2 amide bonds. The number of hydrogen-bond acceptors (Lipinski definition) is 5. The van der Waals surface area contributed by atoms with Crippen LogP contribution in [0, 0.1) is 6.92 Å². The Morgan fingerprint density at radius 1 is 0.951 bits per heavy atom. The van der Waals surface area contributed by atoms with Gasteiger partial charge in [-0.15, -0.1) is 0 Å². The largest absolute Gasteiger partial charge is 0.497 e. The van der Waals surface area contributed by atoms with Gasteiger partial charge in [0.1, 0.15) is 18.3 Å². The summed E-state index contributed by atoms with van der Waals surface area (Å²) in [7, 11) is -2.66. The number of amides is 2. The van der Waals surface area contributed by atoms with Crippen molar-refractivity contribution in [1.29, 1.82) is 0 Å². The van der Waals surface area contributed by atoms with Crippen LogP contribution in [0.1, 0.15) is 44.2 Å². The third-order valence-electron chi connectivity index (χ3n) is 6.73. The highest BCUT2D eigenvalue weighted by Crippen LogP contribution is 2.26. The van der Waals surface area contributed by atoms with E-state index in [0.717, 1.165) is 28.3 Å². The molecule has 0 aliphatic rings. The summed E-state index contributed by atoms with van der Waals surface area (Å²) in [6.45, 7) is 5.87. The Morgan fingerprint density at radius 2 is 1.59 bits per heavy atom. The smallest absolute Gasteiger partial charge is 0.264 e. The Bertz CT molecular complexity index is 1400. The van der Waals surface area contributed by atoms with Crippen LogP contribution in [0.2, 0.25) is 5.02 Å². The minimum absolute atomic E-state index is 0.0141. The van der Waals surface area contributed by atoms with Gasteiger partial charge in [-0.1, -0.05) is 61.7 Å². The number of hydrogen-bond donors (Lipinski definition) is 1. The van der Waals surface area contributed by atoms with Gasteiger partial charge >= 0.3 is 0 Å². The summed E-state index contributed by atoms with van der Waals surface area (Å²) >= 11 is 6.07. The predicted molar refractivity (Wildman–Crippen MR) is 163 cm³/mol. The van der Waals surface area contributed by atoms with Crippen LogP contribution in [0.25, 0.3) is 0 Å². The highest BCUT2D eigenvalue weighted by molar-refractivity contribution is 7.92. The lowest BCUT2D eigenvalue weighted by Gasteiger charge is -2.33. The topological polar surface area (TPSA) is 96.0 Å². The second-order valence-electron chi connectivity index (χ2n) is 9.74. The molecule has 0 fully saturated rings. The van der Waals surface area contributed by atoms with E-state index in [2.05, 4.69) is 5.32 Å². The van der Waals surface area contributed by atoms with Crippen LogP contribution in [0.3, 0.4) is 0 Å². The number of carbonyl (C=O) groups excluding carboxylic acids is 2. The Labute approximate surface area is 248 Å². The van der Waals surface area contributed by atoms with Gasteiger partial charge < -0.3 is 15.0 Å². The second kappa shape index (κ2) is 14.9. The van der Waals surface area contributed by atoms with Gasteiger partial charge in [-0.3, -0.25) is 13.9 Å². The molecule has 3 rings (SSSR count). The lowest BCUT2D eigenvalue weighted by Crippen LogP contribution is -2.52. The summed E-state index contributed by atoms with van der Waals surface area (Å²) in [5.74, 6) is -0.269. The zero-order valence-electron chi connectivity index (χ0n) is 24.0. The molecule has 0 aliphatic carbocycles. The number of nitrogens with one attached hydrogen (secondary N) is 1. The number of halogens is 1. The molecule has 0 unspecified atom stereocenters. The highest BCUT2D eigenvalue weighted by Gasteiger charge is 2.33. The van der Waals surface area contributed by atoms with E-state index in [0.29, 0.717) is 29.4 Å². The Kier molecular flexibility index (Phi) is 11.6. The van der Waals surface area contributed by atoms with Crippen molar-refractivity contribution in [2.75, 3.05) is 24.5 Å². The number of nitrogens with zero attached hydrogens (tertiary/aromatic N) is 2. The highest BCUT2D eigenvalue weighted by atomic mass is 35.5. The summed E-state index contributed by atoms with van der Waals surface area (Å²) in [6, 6.07) is 19.1. The lowest BCUT2D eigenvalue weighted by molar-refractivity contribution is -0.140. The maximum absolute atomic E-state index is 14.1. The molecule has 0 heterocycles. The van der Waals surface area contributed by atoms with Crippen molar-refractivity contribution in [2.45, 2.75) is 57.5 Å². The second-order valence-corrected chi connectivity index (χ2v) is 12.0. The van der Waals surface area contributed by atoms with Crippen molar-refractivity contribution in [3.8, 4) is 5.75 Å². The fourth-order valence-electron chi connectivity index (χ4n) is 4.33. The molecule has 41 heavy (non-hydrogen) atoms. The standard InChI is InChI=1S/C31H38ClN3O5S/c1-5-7-20-33-31(37)29(6-2)34(21-24-10-12-25(32)13-11-24)30(36)22-35(26-14-8-23(3)9-15-26)41(38,39)28-18-16-27(40-4)17-19-28/h8-19,29H,5-7,20-22H2,1-4H3,(H,33,37)/t29-/m1/s1. The lowest BCUT2D eigenvalue weighted by atomic mass is 10.1. The molecular weight excluding hydrogens is 562 g/mol. The first kappa shape index (κ1) is 32.0. The molecule has 220 valence electrons. The van der Waals surface area contributed by atoms with E-state index in [1.54, 1.807) is 60.7 Å². The van der Waals surface area contributed by atoms with E-state index < -0.39 is 28.5 Å².